The van der Waals surface area contributed by atoms with Crippen molar-refractivity contribution in [2.75, 3.05) is 6.54 Å². The third-order valence-electron chi connectivity index (χ3n) is 3.09. The predicted molar refractivity (Wildman–Crippen MR) is 73.9 cm³/mol. The molecule has 1 rings (SSSR count). The number of rotatable bonds is 8. The van der Waals surface area contributed by atoms with Gasteiger partial charge in [-0.25, -0.2) is 4.39 Å². The number of hydrogen-bond donors (Lipinski definition) is 1. The number of nitrogens with one attached hydrogen (secondary N) is 1. The second-order valence-corrected chi connectivity index (χ2v) is 5.23. The van der Waals surface area contributed by atoms with Crippen LogP contribution in [0.25, 0.3) is 0 Å². The Bertz CT molecular complexity index is 339. The molecule has 3 heteroatoms. The molecule has 0 saturated heterocycles. The Morgan fingerprint density at radius 2 is 2.11 bits per heavy atom. The van der Waals surface area contributed by atoms with E-state index in [9.17, 15) is 4.39 Å². The van der Waals surface area contributed by atoms with E-state index in [-0.39, 0.29) is 11.9 Å². The quantitative estimate of drug-likeness (QED) is 0.754. The van der Waals surface area contributed by atoms with Crippen molar-refractivity contribution in [3.8, 4) is 0 Å². The first-order valence-electron chi connectivity index (χ1n) is 6.98. The Morgan fingerprint density at radius 3 is 2.72 bits per heavy atom. The fourth-order valence-corrected chi connectivity index (χ4v) is 2.08. The lowest BCUT2D eigenvalue weighted by Crippen LogP contribution is -2.23. The first-order chi connectivity index (χ1) is 8.65. The highest BCUT2D eigenvalue weighted by Gasteiger charge is 2.14. The fraction of sp³-hybridized carbons (Fsp3) is 0.667. The van der Waals surface area contributed by atoms with E-state index in [0.717, 1.165) is 31.4 Å². The molecule has 18 heavy (non-hydrogen) atoms. The van der Waals surface area contributed by atoms with E-state index >= 15 is 0 Å². The fourth-order valence-electron chi connectivity index (χ4n) is 2.08. The third kappa shape index (κ3) is 5.13. The molecule has 1 aromatic heterocycles. The highest BCUT2D eigenvalue weighted by Crippen LogP contribution is 2.22. The number of aromatic nitrogens is 1. The highest BCUT2D eigenvalue weighted by atomic mass is 19.1. The minimum absolute atomic E-state index is 0.117. The Kier molecular flexibility index (Phi) is 6.88. The lowest BCUT2D eigenvalue weighted by Gasteiger charge is -2.19. The van der Waals surface area contributed by atoms with E-state index < -0.39 is 0 Å². The molecule has 1 unspecified atom stereocenters. The molecule has 0 bridgehead atoms. The molecular weight excluding hydrogens is 227 g/mol. The normalized spacial score (nSPS) is 12.9. The molecule has 0 aliphatic carbocycles. The molecular formula is C15H25FN2. The van der Waals surface area contributed by atoms with Crippen LogP contribution in [0, 0.1) is 11.7 Å². The Labute approximate surface area is 110 Å². The van der Waals surface area contributed by atoms with Gasteiger partial charge in [0.2, 0.25) is 0 Å². The van der Waals surface area contributed by atoms with Crippen LogP contribution in [0.2, 0.25) is 0 Å². The topological polar surface area (TPSA) is 24.9 Å². The smallest absolute Gasteiger partial charge is 0.146 e. The second-order valence-electron chi connectivity index (χ2n) is 5.23. The molecule has 0 aliphatic rings. The van der Waals surface area contributed by atoms with Crippen molar-refractivity contribution in [1.29, 1.82) is 0 Å². The first-order valence-corrected chi connectivity index (χ1v) is 6.98. The molecule has 2 nitrogen and oxygen atoms in total. The van der Waals surface area contributed by atoms with Crippen molar-refractivity contribution in [2.45, 2.75) is 52.5 Å². The van der Waals surface area contributed by atoms with Crippen LogP contribution in [-0.4, -0.2) is 11.5 Å². The van der Waals surface area contributed by atoms with Crippen molar-refractivity contribution < 1.29 is 4.39 Å². The average Bonchev–Trinajstić information content (AvgIpc) is 2.34. The van der Waals surface area contributed by atoms with Gasteiger partial charge in [0.05, 0.1) is 6.20 Å². The second kappa shape index (κ2) is 8.20. The van der Waals surface area contributed by atoms with Crippen LogP contribution in [0.15, 0.2) is 18.5 Å². The monoisotopic (exact) mass is 252 g/mol. The molecule has 0 fully saturated rings. The van der Waals surface area contributed by atoms with E-state index in [1.807, 2.05) is 0 Å². The maximum absolute atomic E-state index is 13.8. The molecule has 0 saturated carbocycles. The Morgan fingerprint density at radius 1 is 1.33 bits per heavy atom. The molecule has 1 aromatic rings. The molecule has 0 aromatic carbocycles. The molecule has 1 N–H and O–H groups in total. The number of pyridine rings is 1. The van der Waals surface area contributed by atoms with Crippen molar-refractivity contribution in [1.82, 2.24) is 10.3 Å². The third-order valence-corrected chi connectivity index (χ3v) is 3.09. The van der Waals surface area contributed by atoms with Crippen molar-refractivity contribution in [3.05, 3.63) is 29.8 Å². The molecule has 1 heterocycles. The van der Waals surface area contributed by atoms with Crippen LogP contribution in [-0.2, 0) is 0 Å². The van der Waals surface area contributed by atoms with Crippen LogP contribution in [0.3, 0.4) is 0 Å². The van der Waals surface area contributed by atoms with Crippen LogP contribution in [0.4, 0.5) is 4.39 Å². The minimum atomic E-state index is -0.198. The van der Waals surface area contributed by atoms with Crippen molar-refractivity contribution in [3.63, 3.8) is 0 Å². The first kappa shape index (κ1) is 15.1. The lowest BCUT2D eigenvalue weighted by atomic mass is 9.98. The largest absolute Gasteiger partial charge is 0.310 e. The van der Waals surface area contributed by atoms with Crippen molar-refractivity contribution >= 4 is 0 Å². The van der Waals surface area contributed by atoms with Crippen LogP contribution < -0.4 is 5.32 Å². The summed E-state index contributed by atoms with van der Waals surface area (Å²) >= 11 is 0. The molecule has 1 atom stereocenters. The summed E-state index contributed by atoms with van der Waals surface area (Å²) < 4.78 is 13.8. The van der Waals surface area contributed by atoms with Gasteiger partial charge in [0.25, 0.3) is 0 Å². The van der Waals surface area contributed by atoms with Gasteiger partial charge in [0.1, 0.15) is 5.82 Å². The van der Waals surface area contributed by atoms with E-state index in [0.29, 0.717) is 5.92 Å². The molecule has 0 aliphatic heterocycles. The van der Waals surface area contributed by atoms with Gasteiger partial charge >= 0.3 is 0 Å². The maximum Gasteiger partial charge on any atom is 0.146 e. The van der Waals surface area contributed by atoms with E-state index in [1.54, 1.807) is 12.3 Å². The van der Waals surface area contributed by atoms with E-state index in [2.05, 4.69) is 31.1 Å². The summed E-state index contributed by atoms with van der Waals surface area (Å²) in [5.74, 6) is 0.509. The zero-order valence-corrected chi connectivity index (χ0v) is 11.7. The van der Waals surface area contributed by atoms with Gasteiger partial charge in [-0.15, -0.1) is 0 Å². The number of halogens is 1. The standard InChI is InChI=1S/C15H25FN2/c1-4-9-18-15(7-5-6-12(2)3)13-8-10-17-11-14(13)16/h8,10-12,15,18H,4-7,9H2,1-3H3. The summed E-state index contributed by atoms with van der Waals surface area (Å²) in [5, 5.41) is 3.43. The van der Waals surface area contributed by atoms with E-state index in [1.165, 1.54) is 12.6 Å². The maximum atomic E-state index is 13.8. The van der Waals surface area contributed by atoms with Crippen molar-refractivity contribution in [2.24, 2.45) is 5.92 Å². The van der Waals surface area contributed by atoms with Gasteiger partial charge in [-0.1, -0.05) is 33.6 Å². The van der Waals surface area contributed by atoms with Crippen LogP contribution in [0.1, 0.15) is 58.1 Å². The average molecular weight is 252 g/mol. The van der Waals surface area contributed by atoms with Gasteiger partial charge in [0, 0.05) is 17.8 Å². The Balaban J connectivity index is 2.62. The number of hydrogen-bond acceptors (Lipinski definition) is 2. The SMILES string of the molecule is CCCNC(CCCC(C)C)c1ccncc1F. The van der Waals surface area contributed by atoms with Crippen LogP contribution >= 0.6 is 0 Å². The summed E-state index contributed by atoms with van der Waals surface area (Å²) in [6, 6.07) is 1.91. The van der Waals surface area contributed by atoms with Gasteiger partial charge in [-0.3, -0.25) is 4.98 Å². The molecule has 102 valence electrons. The van der Waals surface area contributed by atoms with Gasteiger partial charge in [-0.05, 0) is 31.4 Å². The molecule has 0 radical (unpaired) electrons. The van der Waals surface area contributed by atoms with Crippen LogP contribution in [0.5, 0.6) is 0 Å². The lowest BCUT2D eigenvalue weighted by molar-refractivity contribution is 0.433. The summed E-state index contributed by atoms with van der Waals surface area (Å²) in [7, 11) is 0. The summed E-state index contributed by atoms with van der Waals surface area (Å²) in [6.45, 7) is 7.50. The van der Waals surface area contributed by atoms with Gasteiger partial charge in [0.15, 0.2) is 0 Å². The summed E-state index contributed by atoms with van der Waals surface area (Å²) in [6.07, 6.45) is 7.34. The highest BCUT2D eigenvalue weighted by molar-refractivity contribution is 5.17. The van der Waals surface area contributed by atoms with Gasteiger partial charge in [-0.2, -0.15) is 0 Å². The zero-order chi connectivity index (χ0) is 13.4. The predicted octanol–water partition coefficient (Wildman–Crippen LogP) is 4.09. The molecule has 0 amide bonds. The van der Waals surface area contributed by atoms with Gasteiger partial charge < -0.3 is 5.32 Å². The minimum Gasteiger partial charge on any atom is -0.310 e. The summed E-state index contributed by atoms with van der Waals surface area (Å²) in [5.41, 5.74) is 0.752. The summed E-state index contributed by atoms with van der Waals surface area (Å²) in [4.78, 5) is 3.81. The Hall–Kier alpha value is -0.960. The molecule has 0 spiro atoms. The number of nitrogens with zero attached hydrogens (tertiary/aromatic N) is 1. The zero-order valence-electron chi connectivity index (χ0n) is 11.7. The van der Waals surface area contributed by atoms with E-state index in [4.69, 9.17) is 0 Å².